The van der Waals surface area contributed by atoms with E-state index in [1.807, 2.05) is 11.0 Å². The molecule has 2 fully saturated rings. The van der Waals surface area contributed by atoms with Gasteiger partial charge >= 0.3 is 0 Å². The van der Waals surface area contributed by atoms with Gasteiger partial charge in [-0.1, -0.05) is 0 Å². The number of carbonyl (C=O) groups excluding carboxylic acids is 1. The Bertz CT molecular complexity index is 741. The monoisotopic (exact) mass is 361 g/mol. The number of alkyl halides is 1. The maximum Gasteiger partial charge on any atom is 0.219 e. The minimum Gasteiger partial charge on any atom is -0.366 e. The second kappa shape index (κ2) is 7.28. The van der Waals surface area contributed by atoms with Crippen molar-refractivity contribution in [2.24, 2.45) is 0 Å². The number of carbonyl (C=O) groups is 1. The molecule has 2 aromatic heterocycles. The molecule has 7 nitrogen and oxygen atoms in total. The van der Waals surface area contributed by atoms with Gasteiger partial charge in [-0.25, -0.2) is 9.37 Å². The quantitative estimate of drug-likeness (QED) is 0.894. The van der Waals surface area contributed by atoms with Crippen LogP contribution in [0.3, 0.4) is 0 Å². The molecular weight excluding hydrogens is 337 g/mol. The van der Waals surface area contributed by atoms with Gasteiger partial charge in [0.1, 0.15) is 24.7 Å². The average molecular weight is 361 g/mol. The summed E-state index contributed by atoms with van der Waals surface area (Å²) in [6, 6.07) is 2.16. The molecule has 0 aromatic carbocycles. The van der Waals surface area contributed by atoms with Crippen molar-refractivity contribution in [3.8, 4) is 0 Å². The number of halogens is 1. The van der Waals surface area contributed by atoms with E-state index in [1.165, 1.54) is 0 Å². The number of nitrogens with one attached hydrogen (secondary N) is 1. The van der Waals surface area contributed by atoms with Crippen molar-refractivity contribution in [3.05, 3.63) is 24.3 Å². The molecule has 2 aliphatic rings. The van der Waals surface area contributed by atoms with E-state index < -0.39 is 12.3 Å². The maximum atomic E-state index is 14.4. The molecule has 1 amide bonds. The highest BCUT2D eigenvalue weighted by molar-refractivity contribution is 5.73. The van der Waals surface area contributed by atoms with Gasteiger partial charge in [-0.2, -0.15) is 0 Å². The number of imidazole rings is 1. The van der Waals surface area contributed by atoms with Crippen molar-refractivity contribution in [1.29, 1.82) is 0 Å². The summed E-state index contributed by atoms with van der Waals surface area (Å²) in [4.78, 5) is 27.1. The summed E-state index contributed by atoms with van der Waals surface area (Å²) in [5.74, 6) is 0.809. The summed E-state index contributed by atoms with van der Waals surface area (Å²) in [6.45, 7) is 4.37. The number of rotatable bonds is 4. The number of ether oxygens (including phenoxy) is 1. The fourth-order valence-electron chi connectivity index (χ4n) is 3.93. The normalized spacial score (nSPS) is 25.2. The molecule has 0 bridgehead atoms. The Kier molecular flexibility index (Phi) is 4.86. The van der Waals surface area contributed by atoms with E-state index >= 15 is 0 Å². The fourth-order valence-corrected chi connectivity index (χ4v) is 3.93. The first-order valence-corrected chi connectivity index (χ1v) is 9.14. The zero-order valence-electron chi connectivity index (χ0n) is 14.9. The number of pyridine rings is 1. The van der Waals surface area contributed by atoms with Crippen LogP contribution in [0.15, 0.2) is 18.5 Å². The van der Waals surface area contributed by atoms with Crippen molar-refractivity contribution in [1.82, 2.24) is 24.8 Å². The molecule has 2 saturated heterocycles. The van der Waals surface area contributed by atoms with E-state index in [-0.39, 0.29) is 12.5 Å². The lowest BCUT2D eigenvalue weighted by molar-refractivity contribution is -0.130. The van der Waals surface area contributed by atoms with Gasteiger partial charge in [0, 0.05) is 45.3 Å². The Labute approximate surface area is 151 Å². The molecule has 26 heavy (non-hydrogen) atoms. The largest absolute Gasteiger partial charge is 0.366 e. The average Bonchev–Trinajstić information content (AvgIpc) is 3.23. The predicted molar refractivity (Wildman–Crippen MR) is 94.2 cm³/mol. The number of aromatic amines is 1. The van der Waals surface area contributed by atoms with E-state index in [0.717, 1.165) is 37.0 Å². The van der Waals surface area contributed by atoms with Crippen LogP contribution in [0.4, 0.5) is 4.39 Å². The van der Waals surface area contributed by atoms with Crippen LogP contribution >= 0.6 is 0 Å². The van der Waals surface area contributed by atoms with E-state index in [0.29, 0.717) is 25.0 Å². The van der Waals surface area contributed by atoms with E-state index in [9.17, 15) is 9.18 Å². The van der Waals surface area contributed by atoms with Gasteiger partial charge in [0.2, 0.25) is 5.91 Å². The first-order valence-electron chi connectivity index (χ1n) is 9.14. The van der Waals surface area contributed by atoms with E-state index in [4.69, 9.17) is 4.74 Å². The first kappa shape index (κ1) is 17.4. The smallest absolute Gasteiger partial charge is 0.219 e. The van der Waals surface area contributed by atoms with Crippen LogP contribution < -0.4 is 0 Å². The molecule has 1 N–H and O–H groups in total. The molecule has 4 rings (SSSR count). The van der Waals surface area contributed by atoms with Crippen LogP contribution in [0.5, 0.6) is 0 Å². The third-order valence-electron chi connectivity index (χ3n) is 5.42. The highest BCUT2D eigenvalue weighted by Crippen LogP contribution is 2.25. The molecule has 0 aliphatic carbocycles. The summed E-state index contributed by atoms with van der Waals surface area (Å²) >= 11 is 0. The number of nitrogens with zero attached hydrogens (tertiary/aromatic N) is 4. The van der Waals surface area contributed by atoms with Crippen LogP contribution in [0.1, 0.15) is 25.6 Å². The summed E-state index contributed by atoms with van der Waals surface area (Å²) in [5.41, 5.74) is 1.69. The van der Waals surface area contributed by atoms with Gasteiger partial charge in [0.15, 0.2) is 0 Å². The van der Waals surface area contributed by atoms with Crippen LogP contribution in [0.2, 0.25) is 0 Å². The summed E-state index contributed by atoms with van der Waals surface area (Å²) in [6.07, 6.45) is 3.77. The molecular formula is C18H24FN5O2. The van der Waals surface area contributed by atoms with Crippen LogP contribution in [0, 0.1) is 0 Å². The van der Waals surface area contributed by atoms with Crippen LogP contribution in [-0.4, -0.2) is 75.2 Å². The lowest BCUT2D eigenvalue weighted by Crippen LogP contribution is -2.45. The van der Waals surface area contributed by atoms with Gasteiger partial charge < -0.3 is 14.6 Å². The van der Waals surface area contributed by atoms with Gasteiger partial charge in [0.05, 0.1) is 17.2 Å². The minimum absolute atomic E-state index is 0.121. The Balaban J connectivity index is 1.30. The van der Waals surface area contributed by atoms with Crippen molar-refractivity contribution in [3.63, 3.8) is 0 Å². The highest BCUT2D eigenvalue weighted by atomic mass is 19.1. The summed E-state index contributed by atoms with van der Waals surface area (Å²) in [5, 5.41) is 0. The standard InChI is InChI=1S/C18H24FN5O2/c1-12(25)23-6-3-13(4-7-23)24-9-14(19)17(10-24)26-11-18-21-15-2-5-20-8-16(15)22-18/h2,5,8,13-14,17H,3-4,6-7,9-11H2,1H3,(H,21,22)/t14-,17+/m1/s1. The molecule has 2 aromatic rings. The van der Waals surface area contributed by atoms with Crippen LogP contribution in [-0.2, 0) is 16.1 Å². The first-order chi connectivity index (χ1) is 12.6. The highest BCUT2D eigenvalue weighted by Gasteiger charge is 2.38. The predicted octanol–water partition coefficient (Wildman–Crippen LogP) is 1.51. The topological polar surface area (TPSA) is 74.3 Å². The zero-order valence-corrected chi connectivity index (χ0v) is 14.9. The maximum absolute atomic E-state index is 14.4. The Morgan fingerprint density at radius 1 is 1.38 bits per heavy atom. The van der Waals surface area contributed by atoms with E-state index in [2.05, 4.69) is 19.9 Å². The third kappa shape index (κ3) is 3.57. The Hall–Kier alpha value is -2.06. The molecule has 0 spiro atoms. The summed E-state index contributed by atoms with van der Waals surface area (Å²) < 4.78 is 20.2. The molecule has 140 valence electrons. The van der Waals surface area contributed by atoms with Crippen molar-refractivity contribution in [2.45, 2.75) is 44.7 Å². The number of amides is 1. The second-order valence-corrected chi connectivity index (χ2v) is 7.13. The van der Waals surface area contributed by atoms with Gasteiger partial charge in [-0.05, 0) is 18.9 Å². The van der Waals surface area contributed by atoms with E-state index in [1.54, 1.807) is 19.3 Å². The molecule has 2 atom stereocenters. The minimum atomic E-state index is -0.994. The molecule has 0 saturated carbocycles. The number of fused-ring (bicyclic) bond motifs is 1. The second-order valence-electron chi connectivity index (χ2n) is 7.13. The molecule has 0 unspecified atom stereocenters. The lowest BCUT2D eigenvalue weighted by atomic mass is 10.0. The van der Waals surface area contributed by atoms with Crippen LogP contribution in [0.25, 0.3) is 11.0 Å². The molecule has 8 heteroatoms. The van der Waals surface area contributed by atoms with Gasteiger partial charge in [-0.3, -0.25) is 14.7 Å². The molecule has 2 aliphatic heterocycles. The zero-order chi connectivity index (χ0) is 18.1. The Morgan fingerprint density at radius 3 is 2.92 bits per heavy atom. The Morgan fingerprint density at radius 2 is 2.19 bits per heavy atom. The summed E-state index contributed by atoms with van der Waals surface area (Å²) in [7, 11) is 0. The lowest BCUT2D eigenvalue weighted by Gasteiger charge is -2.36. The van der Waals surface area contributed by atoms with Crippen molar-refractivity contribution in [2.75, 3.05) is 26.2 Å². The number of H-pyrrole nitrogens is 1. The third-order valence-corrected chi connectivity index (χ3v) is 5.42. The van der Waals surface area contributed by atoms with Crippen molar-refractivity contribution >= 4 is 16.9 Å². The molecule has 4 heterocycles. The number of hydrogen-bond acceptors (Lipinski definition) is 5. The molecule has 0 radical (unpaired) electrons. The SMILES string of the molecule is CC(=O)N1CCC(N2C[C@@H](F)[C@@H](OCc3nc4ccncc4[nH]3)C2)CC1. The fraction of sp³-hybridized carbons (Fsp3) is 0.611. The number of likely N-dealkylation sites (tertiary alicyclic amines) is 2. The number of aromatic nitrogens is 3. The number of piperidine rings is 1. The van der Waals surface area contributed by atoms with Crippen molar-refractivity contribution < 1.29 is 13.9 Å². The van der Waals surface area contributed by atoms with Gasteiger partial charge in [0.25, 0.3) is 0 Å². The van der Waals surface area contributed by atoms with Gasteiger partial charge in [-0.15, -0.1) is 0 Å². The number of hydrogen-bond donors (Lipinski definition) is 1.